The zero-order valence-electron chi connectivity index (χ0n) is 14.0. The molecule has 2 heterocycles. The molecule has 0 spiro atoms. The van der Waals surface area contributed by atoms with Crippen molar-refractivity contribution in [2.75, 3.05) is 6.54 Å². The lowest BCUT2D eigenvalue weighted by Crippen LogP contribution is -2.27. The normalized spacial score (nSPS) is 26.0. The minimum atomic E-state index is -0.317. The van der Waals surface area contributed by atoms with Crippen LogP contribution in [0, 0.1) is 12.8 Å². The van der Waals surface area contributed by atoms with E-state index in [9.17, 15) is 5.11 Å². The van der Waals surface area contributed by atoms with Gasteiger partial charge in [0.05, 0.1) is 11.8 Å². The van der Waals surface area contributed by atoms with Crippen molar-refractivity contribution in [3.8, 4) is 0 Å². The van der Waals surface area contributed by atoms with E-state index >= 15 is 0 Å². The molecule has 0 aromatic carbocycles. The summed E-state index contributed by atoms with van der Waals surface area (Å²) in [5, 5.41) is 17.6. The number of hydrogen-bond donors (Lipinski definition) is 2. The van der Waals surface area contributed by atoms with Gasteiger partial charge in [0.15, 0.2) is 5.82 Å². The van der Waals surface area contributed by atoms with E-state index in [0.29, 0.717) is 18.1 Å². The zero-order chi connectivity index (χ0) is 16.5. The first-order chi connectivity index (χ1) is 11.7. The highest BCUT2D eigenvalue weighted by atomic mass is 16.5. The summed E-state index contributed by atoms with van der Waals surface area (Å²) in [7, 11) is 0. The smallest absolute Gasteiger partial charge is 0.229 e. The molecule has 2 N–H and O–H groups in total. The van der Waals surface area contributed by atoms with Gasteiger partial charge in [-0.1, -0.05) is 11.2 Å². The molecule has 1 saturated carbocycles. The van der Waals surface area contributed by atoms with Crippen LogP contribution in [0.4, 0.5) is 0 Å². The second kappa shape index (κ2) is 6.61. The fourth-order valence-electron chi connectivity index (χ4n) is 3.95. The lowest BCUT2D eigenvalue weighted by atomic mass is 10.0. The molecule has 0 unspecified atom stereocenters. The fourth-order valence-corrected chi connectivity index (χ4v) is 3.95. The highest BCUT2D eigenvalue weighted by molar-refractivity contribution is 5.27. The Kier molecular flexibility index (Phi) is 4.33. The highest BCUT2D eigenvalue weighted by Crippen LogP contribution is 2.37. The number of aliphatic hydroxyl groups is 1. The Balaban J connectivity index is 1.30. The summed E-state index contributed by atoms with van der Waals surface area (Å²) >= 11 is 0. The van der Waals surface area contributed by atoms with Gasteiger partial charge in [-0.25, -0.2) is 0 Å². The summed E-state index contributed by atoms with van der Waals surface area (Å²) in [6.45, 7) is 3.35. The van der Waals surface area contributed by atoms with E-state index in [1.165, 1.54) is 24.1 Å². The number of aryl methyl sites for hydroxylation is 3. The van der Waals surface area contributed by atoms with Crippen molar-refractivity contribution in [2.24, 2.45) is 5.92 Å². The van der Waals surface area contributed by atoms with E-state index in [0.717, 1.165) is 31.6 Å². The molecule has 128 valence electrons. The number of aromatic nitrogens is 3. The molecule has 6 heteroatoms. The second-order valence-electron chi connectivity index (χ2n) is 7.07. The maximum Gasteiger partial charge on any atom is 0.229 e. The maximum atomic E-state index is 10.3. The van der Waals surface area contributed by atoms with Gasteiger partial charge in [0.25, 0.3) is 0 Å². The SMILES string of the molecule is Cc1noc([C@H]2C[C@H](CNCc3ccc4c(n3)CCC4)[C@H](O)C2)n1. The maximum absolute atomic E-state index is 10.3. The van der Waals surface area contributed by atoms with Gasteiger partial charge in [-0.05, 0) is 56.6 Å². The average Bonchev–Trinajstić information content (AvgIpc) is 3.27. The van der Waals surface area contributed by atoms with Crippen LogP contribution in [-0.2, 0) is 19.4 Å². The van der Waals surface area contributed by atoms with E-state index in [1.807, 2.05) is 6.92 Å². The molecule has 2 aromatic rings. The minimum Gasteiger partial charge on any atom is -0.393 e. The van der Waals surface area contributed by atoms with Gasteiger partial charge in [0, 0.05) is 24.7 Å². The van der Waals surface area contributed by atoms with E-state index in [-0.39, 0.29) is 17.9 Å². The molecular weight excluding hydrogens is 304 g/mol. The van der Waals surface area contributed by atoms with Crippen LogP contribution < -0.4 is 5.32 Å². The van der Waals surface area contributed by atoms with Crippen molar-refractivity contribution in [2.45, 2.75) is 57.6 Å². The molecule has 2 aromatic heterocycles. The first kappa shape index (κ1) is 15.7. The molecule has 0 aliphatic heterocycles. The Hall–Kier alpha value is -1.79. The topological polar surface area (TPSA) is 84.1 Å². The van der Waals surface area contributed by atoms with E-state index in [2.05, 4.69) is 27.6 Å². The Bertz CT molecular complexity index is 715. The minimum absolute atomic E-state index is 0.172. The quantitative estimate of drug-likeness (QED) is 0.872. The Morgan fingerprint density at radius 2 is 2.17 bits per heavy atom. The van der Waals surface area contributed by atoms with E-state index in [1.54, 1.807) is 0 Å². The molecule has 0 saturated heterocycles. The van der Waals surface area contributed by atoms with Crippen LogP contribution in [0.25, 0.3) is 0 Å². The first-order valence-electron chi connectivity index (χ1n) is 8.85. The summed E-state index contributed by atoms with van der Waals surface area (Å²) in [5.41, 5.74) is 3.76. The van der Waals surface area contributed by atoms with Crippen LogP contribution in [0.2, 0.25) is 0 Å². The van der Waals surface area contributed by atoms with Crippen molar-refractivity contribution in [3.05, 3.63) is 40.8 Å². The summed E-state index contributed by atoms with van der Waals surface area (Å²) in [6, 6.07) is 4.33. The van der Waals surface area contributed by atoms with E-state index < -0.39 is 0 Å². The number of rotatable bonds is 5. The lowest BCUT2D eigenvalue weighted by Gasteiger charge is -2.15. The molecule has 0 amide bonds. The average molecular weight is 328 g/mol. The largest absolute Gasteiger partial charge is 0.393 e. The Morgan fingerprint density at radius 1 is 1.25 bits per heavy atom. The van der Waals surface area contributed by atoms with Gasteiger partial charge >= 0.3 is 0 Å². The molecule has 0 bridgehead atoms. The summed E-state index contributed by atoms with van der Waals surface area (Å²) in [4.78, 5) is 9.05. The van der Waals surface area contributed by atoms with Crippen LogP contribution in [-0.4, -0.2) is 32.9 Å². The Morgan fingerprint density at radius 3 is 3.00 bits per heavy atom. The second-order valence-corrected chi connectivity index (χ2v) is 7.07. The van der Waals surface area contributed by atoms with Gasteiger partial charge in [-0.2, -0.15) is 4.98 Å². The highest BCUT2D eigenvalue weighted by Gasteiger charge is 2.36. The third kappa shape index (κ3) is 3.21. The molecule has 24 heavy (non-hydrogen) atoms. The molecular formula is C18H24N4O2. The zero-order valence-corrected chi connectivity index (χ0v) is 14.0. The fraction of sp³-hybridized carbons (Fsp3) is 0.611. The standard InChI is InChI=1S/C18H24N4O2/c1-11-20-18(24-22-11)13-7-14(17(23)8-13)9-19-10-15-6-5-12-3-2-4-16(12)21-15/h5-6,13-14,17,19,23H,2-4,7-10H2,1H3/t13-,14+,17+/m0/s1. The van der Waals surface area contributed by atoms with Crippen molar-refractivity contribution in [1.29, 1.82) is 0 Å². The predicted octanol–water partition coefficient (Wildman–Crippen LogP) is 1.91. The van der Waals surface area contributed by atoms with Crippen molar-refractivity contribution in [3.63, 3.8) is 0 Å². The number of hydrogen-bond acceptors (Lipinski definition) is 6. The van der Waals surface area contributed by atoms with Gasteiger partial charge in [0.1, 0.15) is 0 Å². The van der Waals surface area contributed by atoms with Crippen LogP contribution in [0.5, 0.6) is 0 Å². The van der Waals surface area contributed by atoms with Gasteiger partial charge in [-0.15, -0.1) is 0 Å². The monoisotopic (exact) mass is 328 g/mol. The van der Waals surface area contributed by atoms with Crippen molar-refractivity contribution in [1.82, 2.24) is 20.4 Å². The van der Waals surface area contributed by atoms with Crippen LogP contribution in [0.1, 0.15) is 53.8 Å². The number of nitrogens with zero attached hydrogens (tertiary/aromatic N) is 3. The summed E-state index contributed by atoms with van der Waals surface area (Å²) in [6.07, 6.45) is 4.77. The molecule has 4 rings (SSSR count). The third-order valence-electron chi connectivity index (χ3n) is 5.25. The van der Waals surface area contributed by atoms with E-state index in [4.69, 9.17) is 9.51 Å². The number of fused-ring (bicyclic) bond motifs is 1. The summed E-state index contributed by atoms with van der Waals surface area (Å²) in [5.74, 6) is 1.71. The lowest BCUT2D eigenvalue weighted by molar-refractivity contribution is 0.130. The number of nitrogens with one attached hydrogen (secondary N) is 1. The third-order valence-corrected chi connectivity index (χ3v) is 5.25. The van der Waals surface area contributed by atoms with Crippen molar-refractivity contribution < 1.29 is 9.63 Å². The molecule has 1 fully saturated rings. The molecule has 6 nitrogen and oxygen atoms in total. The molecule has 2 aliphatic carbocycles. The number of pyridine rings is 1. The van der Waals surface area contributed by atoms with Gasteiger partial charge in [0.2, 0.25) is 5.89 Å². The van der Waals surface area contributed by atoms with Gasteiger partial charge < -0.3 is 14.9 Å². The summed E-state index contributed by atoms with van der Waals surface area (Å²) < 4.78 is 5.26. The van der Waals surface area contributed by atoms with Crippen molar-refractivity contribution >= 4 is 0 Å². The molecule has 3 atom stereocenters. The van der Waals surface area contributed by atoms with Crippen LogP contribution in [0.3, 0.4) is 0 Å². The first-order valence-corrected chi connectivity index (χ1v) is 8.85. The Labute approximate surface area is 141 Å². The van der Waals surface area contributed by atoms with Gasteiger partial charge in [-0.3, -0.25) is 4.98 Å². The molecule has 2 aliphatic rings. The van der Waals surface area contributed by atoms with Crippen LogP contribution in [0.15, 0.2) is 16.7 Å². The molecule has 0 radical (unpaired) electrons. The number of aliphatic hydroxyl groups excluding tert-OH is 1. The predicted molar refractivity (Wildman–Crippen MR) is 88.5 cm³/mol. The van der Waals surface area contributed by atoms with Crippen LogP contribution >= 0.6 is 0 Å².